The van der Waals surface area contributed by atoms with Gasteiger partial charge in [0.15, 0.2) is 0 Å². The lowest BCUT2D eigenvalue weighted by Gasteiger charge is -2.06. The van der Waals surface area contributed by atoms with E-state index in [9.17, 15) is 0 Å². The number of nitrogens with zero attached hydrogens (tertiary/aromatic N) is 1. The summed E-state index contributed by atoms with van der Waals surface area (Å²) in [5.74, 6) is 0. The van der Waals surface area contributed by atoms with E-state index in [1.54, 1.807) is 11.3 Å². The first-order valence-electron chi connectivity index (χ1n) is 5.52. The molecule has 0 aliphatic heterocycles. The van der Waals surface area contributed by atoms with Gasteiger partial charge in [-0.15, -0.1) is 0 Å². The molecule has 1 aromatic heterocycles. The van der Waals surface area contributed by atoms with Crippen LogP contribution in [0.3, 0.4) is 0 Å². The quantitative estimate of drug-likeness (QED) is 0.803. The molecule has 0 radical (unpaired) electrons. The number of anilines is 2. The van der Waals surface area contributed by atoms with Crippen molar-refractivity contribution < 1.29 is 4.57 Å². The van der Waals surface area contributed by atoms with Gasteiger partial charge in [0, 0.05) is 5.38 Å². The molecule has 0 aliphatic rings. The molecule has 0 aliphatic carbocycles. The molecule has 0 bridgehead atoms. The minimum Gasteiger partial charge on any atom is -0.231 e. The Morgan fingerprint density at radius 3 is 2.56 bits per heavy atom. The Hall–Kier alpha value is -1.35. The zero-order valence-corrected chi connectivity index (χ0v) is 10.8. The third-order valence-electron chi connectivity index (χ3n) is 2.74. The van der Waals surface area contributed by atoms with Gasteiger partial charge in [0.1, 0.15) is 11.9 Å². The van der Waals surface area contributed by atoms with E-state index in [2.05, 4.69) is 60.4 Å². The van der Waals surface area contributed by atoms with Gasteiger partial charge in [0.05, 0.1) is 6.54 Å². The molecule has 0 amide bonds. The van der Waals surface area contributed by atoms with E-state index in [1.807, 2.05) is 0 Å². The first kappa shape index (κ1) is 11.1. The highest BCUT2D eigenvalue weighted by Gasteiger charge is 2.13. The summed E-state index contributed by atoms with van der Waals surface area (Å²) >= 11 is 1.74. The number of rotatable bonds is 3. The molecule has 1 N–H and O–H groups in total. The first-order chi connectivity index (χ1) is 7.72. The van der Waals surface area contributed by atoms with Crippen molar-refractivity contribution in [1.82, 2.24) is 0 Å². The smallest absolute Gasteiger partial charge is 0.231 e. The van der Waals surface area contributed by atoms with Crippen LogP contribution in [0.1, 0.15) is 18.1 Å². The summed E-state index contributed by atoms with van der Waals surface area (Å²) < 4.78 is 2.22. The zero-order valence-electron chi connectivity index (χ0n) is 9.95. The summed E-state index contributed by atoms with van der Waals surface area (Å²) in [4.78, 5) is 0. The number of thiazole rings is 1. The number of hydrogen-bond donors (Lipinski definition) is 1. The summed E-state index contributed by atoms with van der Waals surface area (Å²) in [7, 11) is 0. The highest BCUT2D eigenvalue weighted by Crippen LogP contribution is 2.24. The van der Waals surface area contributed by atoms with E-state index in [-0.39, 0.29) is 0 Å². The molecule has 16 heavy (non-hydrogen) atoms. The van der Waals surface area contributed by atoms with E-state index >= 15 is 0 Å². The summed E-state index contributed by atoms with van der Waals surface area (Å²) in [6.45, 7) is 7.43. The maximum atomic E-state index is 3.52. The predicted octanol–water partition coefficient (Wildman–Crippen LogP) is 3.42. The molecule has 0 saturated heterocycles. The average molecular weight is 233 g/mol. The van der Waals surface area contributed by atoms with E-state index in [0.29, 0.717) is 0 Å². The molecular weight excluding hydrogens is 216 g/mol. The molecule has 0 fully saturated rings. The topological polar surface area (TPSA) is 15.9 Å². The average Bonchev–Trinajstić information content (AvgIpc) is 2.71. The van der Waals surface area contributed by atoms with Crippen LogP contribution in [0.15, 0.2) is 29.8 Å². The third kappa shape index (κ3) is 2.09. The van der Waals surface area contributed by atoms with Gasteiger partial charge in [0.25, 0.3) is 0 Å². The van der Waals surface area contributed by atoms with Crippen LogP contribution in [0.2, 0.25) is 0 Å². The second-order valence-corrected chi connectivity index (χ2v) is 4.78. The van der Waals surface area contributed by atoms with Crippen molar-refractivity contribution in [2.75, 3.05) is 5.32 Å². The van der Waals surface area contributed by atoms with Crippen LogP contribution in [0.25, 0.3) is 0 Å². The Morgan fingerprint density at radius 2 is 1.94 bits per heavy atom. The lowest BCUT2D eigenvalue weighted by Crippen LogP contribution is -2.31. The third-order valence-corrected chi connectivity index (χ3v) is 3.55. The fourth-order valence-electron chi connectivity index (χ4n) is 1.77. The van der Waals surface area contributed by atoms with Crippen LogP contribution < -0.4 is 9.88 Å². The molecule has 3 heteroatoms. The van der Waals surface area contributed by atoms with Crippen molar-refractivity contribution in [2.45, 2.75) is 27.3 Å². The van der Waals surface area contributed by atoms with Crippen molar-refractivity contribution in [1.29, 1.82) is 0 Å². The number of nitrogens with one attached hydrogen (secondary N) is 1. The molecule has 0 spiro atoms. The molecule has 0 atom stereocenters. The number of aromatic nitrogens is 1. The number of benzene rings is 1. The number of hydrogen-bond acceptors (Lipinski definition) is 2. The Bertz CT molecular complexity index is 468. The Kier molecular flexibility index (Phi) is 3.25. The van der Waals surface area contributed by atoms with Crippen LogP contribution in [-0.4, -0.2) is 0 Å². The van der Waals surface area contributed by atoms with E-state index in [4.69, 9.17) is 0 Å². The Morgan fingerprint density at radius 1 is 1.25 bits per heavy atom. The first-order valence-corrected chi connectivity index (χ1v) is 6.40. The monoisotopic (exact) mass is 233 g/mol. The predicted molar refractivity (Wildman–Crippen MR) is 69.4 cm³/mol. The Labute approximate surface area is 101 Å². The van der Waals surface area contributed by atoms with E-state index < -0.39 is 0 Å². The van der Waals surface area contributed by atoms with Crippen LogP contribution in [-0.2, 0) is 6.54 Å². The van der Waals surface area contributed by atoms with Gasteiger partial charge < -0.3 is 0 Å². The molecular formula is C13H17N2S+. The molecule has 1 aromatic carbocycles. The van der Waals surface area contributed by atoms with Crippen molar-refractivity contribution >= 4 is 22.2 Å². The lowest BCUT2D eigenvalue weighted by atomic mass is 10.1. The minimum absolute atomic E-state index is 0.997. The van der Waals surface area contributed by atoms with Crippen LogP contribution in [0.5, 0.6) is 0 Å². The normalized spacial score (nSPS) is 10.4. The van der Waals surface area contributed by atoms with Gasteiger partial charge >= 0.3 is 5.13 Å². The molecule has 0 unspecified atom stereocenters. The second kappa shape index (κ2) is 4.66. The van der Waals surface area contributed by atoms with Gasteiger partial charge in [-0.05, 0) is 31.9 Å². The Balaban J connectivity index is 2.34. The highest BCUT2D eigenvalue weighted by molar-refractivity contribution is 7.13. The zero-order chi connectivity index (χ0) is 11.5. The van der Waals surface area contributed by atoms with Crippen molar-refractivity contribution in [3.8, 4) is 0 Å². The summed E-state index contributed by atoms with van der Waals surface area (Å²) in [6, 6.07) is 6.37. The molecule has 84 valence electrons. The maximum absolute atomic E-state index is 3.52. The summed E-state index contributed by atoms with van der Waals surface area (Å²) in [6.07, 6.45) is 2.11. The SMILES string of the molecule is CC[n+]1ccsc1Nc1c(C)cccc1C. The van der Waals surface area contributed by atoms with Gasteiger partial charge in [-0.1, -0.05) is 29.5 Å². The summed E-state index contributed by atoms with van der Waals surface area (Å²) in [5, 5.41) is 6.83. The lowest BCUT2D eigenvalue weighted by molar-refractivity contribution is -0.675. The van der Waals surface area contributed by atoms with Crippen LogP contribution >= 0.6 is 11.3 Å². The van der Waals surface area contributed by atoms with Gasteiger partial charge in [-0.2, -0.15) is 0 Å². The summed E-state index contributed by atoms with van der Waals surface area (Å²) in [5.41, 5.74) is 3.80. The fraction of sp³-hybridized carbons (Fsp3) is 0.308. The van der Waals surface area contributed by atoms with Crippen LogP contribution in [0.4, 0.5) is 10.8 Å². The van der Waals surface area contributed by atoms with Gasteiger partial charge in [-0.3, -0.25) is 0 Å². The number of aryl methyl sites for hydroxylation is 3. The molecule has 0 saturated carbocycles. The standard InChI is InChI=1S/C13H16N2S/c1-4-15-8-9-16-13(15)14-12-10(2)6-5-7-11(12)3/h5-9H,4H2,1-3H3/p+1. The van der Waals surface area contributed by atoms with Crippen LogP contribution in [0, 0.1) is 13.8 Å². The van der Waals surface area contributed by atoms with Crippen molar-refractivity contribution in [3.63, 3.8) is 0 Å². The van der Waals surface area contributed by atoms with Crippen molar-refractivity contribution in [2.24, 2.45) is 0 Å². The fourth-order valence-corrected chi connectivity index (χ4v) is 2.60. The highest BCUT2D eigenvalue weighted by atomic mass is 32.1. The minimum atomic E-state index is 0.997. The van der Waals surface area contributed by atoms with E-state index in [1.165, 1.54) is 21.9 Å². The largest absolute Gasteiger partial charge is 0.338 e. The van der Waals surface area contributed by atoms with Crippen molar-refractivity contribution in [3.05, 3.63) is 40.9 Å². The van der Waals surface area contributed by atoms with E-state index in [0.717, 1.165) is 6.54 Å². The number of para-hydroxylation sites is 1. The second-order valence-electron chi connectivity index (χ2n) is 3.89. The van der Waals surface area contributed by atoms with Gasteiger partial charge in [-0.25, -0.2) is 9.88 Å². The molecule has 2 rings (SSSR count). The molecule has 2 aromatic rings. The molecule has 1 heterocycles. The molecule has 2 nitrogen and oxygen atoms in total. The van der Waals surface area contributed by atoms with Gasteiger partial charge in [0.2, 0.25) is 0 Å². The maximum Gasteiger partial charge on any atom is 0.338 e.